The van der Waals surface area contributed by atoms with Gasteiger partial charge in [0, 0.05) is 39.3 Å². The van der Waals surface area contributed by atoms with Gasteiger partial charge in [0.05, 0.1) is 18.8 Å². The standard InChI is InChI=1S/C19H35N5O3/c1-19(2,3)27-18(25)22-14-7-9-24(11-14)17(20-4)21-10-16-12-23-8-5-6-15(23)13-26-16/h14-16H,5-13H2,1-4H3,(H,20,21)(H,22,25). The Hall–Kier alpha value is -1.54. The molecule has 0 aromatic rings. The Labute approximate surface area is 162 Å². The van der Waals surface area contributed by atoms with Crippen LogP contribution in [0.2, 0.25) is 0 Å². The van der Waals surface area contributed by atoms with Crippen molar-refractivity contribution in [1.82, 2.24) is 20.4 Å². The number of hydrogen-bond acceptors (Lipinski definition) is 5. The highest BCUT2D eigenvalue weighted by molar-refractivity contribution is 5.80. The molecule has 3 heterocycles. The fraction of sp³-hybridized carbons (Fsp3) is 0.895. The van der Waals surface area contributed by atoms with Gasteiger partial charge in [0.25, 0.3) is 0 Å². The molecular weight excluding hydrogens is 346 g/mol. The smallest absolute Gasteiger partial charge is 0.407 e. The molecule has 154 valence electrons. The van der Waals surface area contributed by atoms with Crippen LogP contribution in [0.1, 0.15) is 40.0 Å². The van der Waals surface area contributed by atoms with Gasteiger partial charge in [0.2, 0.25) is 0 Å². The highest BCUT2D eigenvalue weighted by atomic mass is 16.6. The summed E-state index contributed by atoms with van der Waals surface area (Å²) in [5.74, 6) is 0.871. The number of alkyl carbamates (subject to hydrolysis) is 1. The van der Waals surface area contributed by atoms with Crippen molar-refractivity contribution in [2.45, 2.75) is 63.8 Å². The van der Waals surface area contributed by atoms with Crippen LogP contribution in [0.3, 0.4) is 0 Å². The molecule has 0 saturated carbocycles. The first-order chi connectivity index (χ1) is 12.8. The molecule has 8 heteroatoms. The van der Waals surface area contributed by atoms with E-state index in [1.807, 2.05) is 20.8 Å². The summed E-state index contributed by atoms with van der Waals surface area (Å²) in [6.45, 7) is 11.0. The van der Waals surface area contributed by atoms with E-state index >= 15 is 0 Å². The minimum Gasteiger partial charge on any atom is -0.444 e. The molecule has 0 aliphatic carbocycles. The molecule has 0 spiro atoms. The zero-order valence-corrected chi connectivity index (χ0v) is 17.2. The molecular formula is C19H35N5O3. The number of amides is 1. The van der Waals surface area contributed by atoms with Crippen molar-refractivity contribution in [3.8, 4) is 0 Å². The molecule has 3 aliphatic heterocycles. The molecule has 3 saturated heterocycles. The van der Waals surface area contributed by atoms with Crippen LogP contribution in [0.25, 0.3) is 0 Å². The molecule has 27 heavy (non-hydrogen) atoms. The van der Waals surface area contributed by atoms with Gasteiger partial charge in [0.15, 0.2) is 5.96 Å². The van der Waals surface area contributed by atoms with E-state index < -0.39 is 5.60 Å². The highest BCUT2D eigenvalue weighted by Crippen LogP contribution is 2.22. The van der Waals surface area contributed by atoms with Gasteiger partial charge in [0.1, 0.15) is 5.60 Å². The Balaban J connectivity index is 1.41. The number of carbonyl (C=O) groups excluding carboxylic acids is 1. The number of aliphatic imine (C=N–C) groups is 1. The summed E-state index contributed by atoms with van der Waals surface area (Å²) in [6, 6.07) is 0.702. The zero-order valence-electron chi connectivity index (χ0n) is 17.2. The van der Waals surface area contributed by atoms with Crippen molar-refractivity contribution in [3.63, 3.8) is 0 Å². The van der Waals surface area contributed by atoms with Crippen molar-refractivity contribution in [2.24, 2.45) is 4.99 Å². The molecule has 2 N–H and O–H groups in total. The Bertz CT molecular complexity index is 548. The molecule has 0 aromatic carbocycles. The van der Waals surface area contributed by atoms with E-state index in [1.54, 1.807) is 7.05 Å². The Morgan fingerprint density at radius 2 is 2.07 bits per heavy atom. The third kappa shape index (κ3) is 5.72. The molecule has 3 fully saturated rings. The fourth-order valence-electron chi connectivity index (χ4n) is 4.09. The number of hydrogen-bond donors (Lipinski definition) is 2. The van der Waals surface area contributed by atoms with E-state index in [-0.39, 0.29) is 18.2 Å². The maximum atomic E-state index is 12.0. The number of nitrogens with one attached hydrogen (secondary N) is 2. The SMILES string of the molecule is CN=C(NCC1CN2CCCC2CO1)N1CCC(NC(=O)OC(C)(C)C)C1. The topological polar surface area (TPSA) is 78.4 Å². The molecule has 0 bridgehead atoms. The number of rotatable bonds is 3. The van der Waals surface area contributed by atoms with E-state index in [0.29, 0.717) is 6.04 Å². The minimum atomic E-state index is -0.478. The monoisotopic (exact) mass is 381 g/mol. The van der Waals surface area contributed by atoms with Crippen LogP contribution in [0.4, 0.5) is 4.79 Å². The van der Waals surface area contributed by atoms with E-state index in [0.717, 1.165) is 45.2 Å². The van der Waals surface area contributed by atoms with Gasteiger partial charge in [-0.3, -0.25) is 9.89 Å². The number of fused-ring (bicyclic) bond motifs is 1. The van der Waals surface area contributed by atoms with Crippen LogP contribution in [0, 0.1) is 0 Å². The summed E-state index contributed by atoms with van der Waals surface area (Å²) >= 11 is 0. The van der Waals surface area contributed by atoms with Crippen LogP contribution in [0.15, 0.2) is 4.99 Å². The lowest BCUT2D eigenvalue weighted by Crippen LogP contribution is -2.52. The summed E-state index contributed by atoms with van der Waals surface area (Å²) in [7, 11) is 1.80. The molecule has 3 aliphatic rings. The van der Waals surface area contributed by atoms with Crippen molar-refractivity contribution < 1.29 is 14.3 Å². The van der Waals surface area contributed by atoms with E-state index in [9.17, 15) is 4.79 Å². The van der Waals surface area contributed by atoms with Crippen molar-refractivity contribution in [3.05, 3.63) is 0 Å². The second kappa shape index (κ2) is 8.65. The maximum absolute atomic E-state index is 12.0. The Morgan fingerprint density at radius 3 is 2.81 bits per heavy atom. The average molecular weight is 382 g/mol. The summed E-state index contributed by atoms with van der Waals surface area (Å²) in [4.78, 5) is 21.1. The van der Waals surface area contributed by atoms with Gasteiger partial charge >= 0.3 is 6.09 Å². The molecule has 1 amide bonds. The first-order valence-corrected chi connectivity index (χ1v) is 10.1. The minimum absolute atomic E-state index is 0.0784. The van der Waals surface area contributed by atoms with Crippen molar-refractivity contribution in [1.29, 1.82) is 0 Å². The summed E-state index contributed by atoms with van der Waals surface area (Å²) in [5, 5.41) is 6.41. The third-order valence-corrected chi connectivity index (χ3v) is 5.37. The van der Waals surface area contributed by atoms with Crippen molar-refractivity contribution >= 4 is 12.1 Å². The van der Waals surface area contributed by atoms with Gasteiger partial charge in [-0.1, -0.05) is 0 Å². The number of ether oxygens (including phenoxy) is 2. The highest BCUT2D eigenvalue weighted by Gasteiger charge is 2.33. The second-order valence-electron chi connectivity index (χ2n) is 8.75. The van der Waals surface area contributed by atoms with Crippen molar-refractivity contribution in [2.75, 3.05) is 46.4 Å². The van der Waals surface area contributed by atoms with Crippen LogP contribution in [0.5, 0.6) is 0 Å². The first-order valence-electron chi connectivity index (χ1n) is 10.1. The van der Waals surface area contributed by atoms with Crippen LogP contribution < -0.4 is 10.6 Å². The van der Waals surface area contributed by atoms with Gasteiger partial charge in [-0.15, -0.1) is 0 Å². The predicted molar refractivity (Wildman–Crippen MR) is 105 cm³/mol. The fourth-order valence-corrected chi connectivity index (χ4v) is 4.09. The number of guanidine groups is 1. The summed E-state index contributed by atoms with van der Waals surface area (Å²) < 4.78 is 11.4. The lowest BCUT2D eigenvalue weighted by molar-refractivity contribution is -0.0454. The third-order valence-electron chi connectivity index (χ3n) is 5.37. The number of nitrogens with zero attached hydrogens (tertiary/aromatic N) is 3. The Morgan fingerprint density at radius 1 is 1.26 bits per heavy atom. The van der Waals surface area contributed by atoms with E-state index in [4.69, 9.17) is 9.47 Å². The zero-order chi connectivity index (χ0) is 19.4. The van der Waals surface area contributed by atoms with Gasteiger partial charge in [-0.25, -0.2) is 4.79 Å². The largest absolute Gasteiger partial charge is 0.444 e. The van der Waals surface area contributed by atoms with E-state index in [2.05, 4.69) is 25.4 Å². The molecule has 0 radical (unpaired) electrons. The lowest BCUT2D eigenvalue weighted by Gasteiger charge is -2.35. The van der Waals surface area contributed by atoms with Gasteiger partial charge < -0.3 is 25.0 Å². The normalized spacial score (nSPS) is 29.6. The predicted octanol–water partition coefficient (Wildman–Crippen LogP) is 1.02. The van der Waals surface area contributed by atoms with Crippen LogP contribution in [-0.4, -0.2) is 92.0 Å². The van der Waals surface area contributed by atoms with E-state index in [1.165, 1.54) is 19.4 Å². The molecule has 0 aromatic heterocycles. The maximum Gasteiger partial charge on any atom is 0.407 e. The molecule has 3 rings (SSSR count). The average Bonchev–Trinajstić information content (AvgIpc) is 3.22. The van der Waals surface area contributed by atoms with Crippen LogP contribution >= 0.6 is 0 Å². The number of likely N-dealkylation sites (tertiary alicyclic amines) is 1. The van der Waals surface area contributed by atoms with Gasteiger partial charge in [-0.05, 0) is 46.6 Å². The number of morpholine rings is 1. The quantitative estimate of drug-likeness (QED) is 0.561. The molecule has 3 atom stereocenters. The molecule has 3 unspecified atom stereocenters. The van der Waals surface area contributed by atoms with Crippen LogP contribution in [-0.2, 0) is 9.47 Å². The first kappa shape index (κ1) is 20.2. The summed E-state index contributed by atoms with van der Waals surface area (Å²) in [5.41, 5.74) is -0.478. The Kier molecular flexibility index (Phi) is 6.47. The van der Waals surface area contributed by atoms with Gasteiger partial charge in [-0.2, -0.15) is 0 Å². The summed E-state index contributed by atoms with van der Waals surface area (Å²) in [6.07, 6.45) is 3.29. The number of carbonyl (C=O) groups is 1. The lowest BCUT2D eigenvalue weighted by atomic mass is 10.2. The second-order valence-corrected chi connectivity index (χ2v) is 8.75. The molecule has 8 nitrogen and oxygen atoms in total.